The molecule has 0 aliphatic carbocycles. The van der Waals surface area contributed by atoms with Gasteiger partial charge in [0.25, 0.3) is 0 Å². The van der Waals surface area contributed by atoms with Crippen molar-refractivity contribution < 1.29 is 9.53 Å². The zero-order chi connectivity index (χ0) is 14.5. The molecule has 0 aliphatic heterocycles. The summed E-state index contributed by atoms with van der Waals surface area (Å²) in [5, 5.41) is 3.16. The number of benzene rings is 1. The van der Waals surface area contributed by atoms with Gasteiger partial charge in [-0.15, -0.1) is 0 Å². The van der Waals surface area contributed by atoms with Crippen LogP contribution in [-0.4, -0.2) is 17.6 Å². The lowest BCUT2D eigenvalue weighted by Gasteiger charge is -2.23. The van der Waals surface area contributed by atoms with Crippen molar-refractivity contribution in [3.63, 3.8) is 0 Å². The molecule has 1 unspecified atom stereocenters. The van der Waals surface area contributed by atoms with Gasteiger partial charge in [-0.1, -0.05) is 25.5 Å². The lowest BCUT2D eigenvalue weighted by atomic mass is 10.1. The molecule has 106 valence electrons. The average molecular weight is 263 g/mol. The van der Waals surface area contributed by atoms with Crippen LogP contribution in [0.3, 0.4) is 0 Å². The SMILES string of the molecule is CCCc1ccc(NC(C)C(=O)OC(C)(C)C)cc1. The minimum absolute atomic E-state index is 0.231. The van der Waals surface area contributed by atoms with E-state index in [2.05, 4.69) is 24.4 Å². The lowest BCUT2D eigenvalue weighted by molar-refractivity contribution is -0.155. The molecule has 0 saturated heterocycles. The topological polar surface area (TPSA) is 38.3 Å². The van der Waals surface area contributed by atoms with Crippen molar-refractivity contribution in [3.05, 3.63) is 29.8 Å². The molecule has 0 bridgehead atoms. The van der Waals surface area contributed by atoms with E-state index >= 15 is 0 Å². The zero-order valence-electron chi connectivity index (χ0n) is 12.6. The molecule has 3 nitrogen and oxygen atoms in total. The molecule has 1 aromatic carbocycles. The number of hydrogen-bond donors (Lipinski definition) is 1. The molecule has 0 aliphatic rings. The van der Waals surface area contributed by atoms with Gasteiger partial charge in [0.1, 0.15) is 11.6 Å². The molecule has 19 heavy (non-hydrogen) atoms. The minimum Gasteiger partial charge on any atom is -0.458 e. The molecule has 0 saturated carbocycles. The molecule has 0 heterocycles. The average Bonchev–Trinajstić information content (AvgIpc) is 2.29. The van der Waals surface area contributed by atoms with E-state index < -0.39 is 5.60 Å². The normalized spacial score (nSPS) is 12.9. The number of carbonyl (C=O) groups is 1. The molecule has 0 fully saturated rings. The van der Waals surface area contributed by atoms with Crippen LogP contribution >= 0.6 is 0 Å². The maximum atomic E-state index is 11.8. The third kappa shape index (κ3) is 5.77. The highest BCUT2D eigenvalue weighted by atomic mass is 16.6. The van der Waals surface area contributed by atoms with E-state index in [1.54, 1.807) is 0 Å². The first kappa shape index (κ1) is 15.5. The third-order valence-corrected chi connectivity index (χ3v) is 2.64. The quantitative estimate of drug-likeness (QED) is 0.822. The first-order valence-electron chi connectivity index (χ1n) is 6.90. The van der Waals surface area contributed by atoms with Crippen LogP contribution in [0.5, 0.6) is 0 Å². The molecule has 0 spiro atoms. The van der Waals surface area contributed by atoms with E-state index in [0.717, 1.165) is 18.5 Å². The summed E-state index contributed by atoms with van der Waals surface area (Å²) in [5.41, 5.74) is 1.81. The number of aryl methyl sites for hydroxylation is 1. The van der Waals surface area contributed by atoms with Gasteiger partial charge in [0, 0.05) is 5.69 Å². The minimum atomic E-state index is -0.446. The van der Waals surface area contributed by atoms with Crippen LogP contribution in [0.25, 0.3) is 0 Å². The van der Waals surface area contributed by atoms with Gasteiger partial charge in [-0.3, -0.25) is 0 Å². The zero-order valence-corrected chi connectivity index (χ0v) is 12.6. The van der Waals surface area contributed by atoms with Crippen LogP contribution < -0.4 is 5.32 Å². The number of carbonyl (C=O) groups excluding carboxylic acids is 1. The number of hydrogen-bond acceptors (Lipinski definition) is 3. The van der Waals surface area contributed by atoms with Crippen LogP contribution in [-0.2, 0) is 16.0 Å². The first-order valence-corrected chi connectivity index (χ1v) is 6.90. The maximum absolute atomic E-state index is 11.8. The van der Waals surface area contributed by atoms with Gasteiger partial charge in [-0.05, 0) is 51.8 Å². The number of ether oxygens (including phenoxy) is 1. The Morgan fingerprint density at radius 1 is 1.26 bits per heavy atom. The summed E-state index contributed by atoms with van der Waals surface area (Å²) in [7, 11) is 0. The summed E-state index contributed by atoms with van der Waals surface area (Å²) in [4.78, 5) is 11.8. The molecule has 1 N–H and O–H groups in total. The second kappa shape index (κ2) is 6.60. The highest BCUT2D eigenvalue weighted by Crippen LogP contribution is 2.14. The maximum Gasteiger partial charge on any atom is 0.328 e. The summed E-state index contributed by atoms with van der Waals surface area (Å²) < 4.78 is 5.33. The van der Waals surface area contributed by atoms with E-state index in [4.69, 9.17) is 4.74 Å². The summed E-state index contributed by atoms with van der Waals surface area (Å²) >= 11 is 0. The Bertz CT molecular complexity index is 404. The molecule has 0 aromatic heterocycles. The van der Waals surface area contributed by atoms with Crippen molar-refractivity contribution in [2.24, 2.45) is 0 Å². The molecule has 1 atom stereocenters. The van der Waals surface area contributed by atoms with Gasteiger partial charge in [-0.2, -0.15) is 0 Å². The third-order valence-electron chi connectivity index (χ3n) is 2.64. The number of esters is 1. The predicted octanol–water partition coefficient (Wildman–Crippen LogP) is 3.78. The second-order valence-corrected chi connectivity index (χ2v) is 5.85. The van der Waals surface area contributed by atoms with Crippen molar-refractivity contribution in [2.75, 3.05) is 5.32 Å². The Morgan fingerprint density at radius 3 is 2.32 bits per heavy atom. The monoisotopic (exact) mass is 263 g/mol. The first-order chi connectivity index (χ1) is 8.81. The summed E-state index contributed by atoms with van der Waals surface area (Å²) in [6.07, 6.45) is 2.23. The molecular formula is C16H25NO2. The van der Waals surface area contributed by atoms with Crippen molar-refractivity contribution in [3.8, 4) is 0 Å². The molecule has 3 heteroatoms. The van der Waals surface area contributed by atoms with Gasteiger partial charge in [0.05, 0.1) is 0 Å². The van der Waals surface area contributed by atoms with E-state index in [9.17, 15) is 4.79 Å². The fourth-order valence-electron chi connectivity index (χ4n) is 1.76. The Balaban J connectivity index is 2.56. The fourth-order valence-corrected chi connectivity index (χ4v) is 1.76. The standard InChI is InChI=1S/C16H25NO2/c1-6-7-13-8-10-14(11-9-13)17-12(2)15(18)19-16(3,4)5/h8-12,17H,6-7H2,1-5H3. The van der Waals surface area contributed by atoms with Gasteiger partial charge >= 0.3 is 5.97 Å². The van der Waals surface area contributed by atoms with E-state index in [-0.39, 0.29) is 12.0 Å². The number of rotatable bonds is 5. The van der Waals surface area contributed by atoms with Crippen LogP contribution in [0.1, 0.15) is 46.6 Å². The largest absolute Gasteiger partial charge is 0.458 e. The van der Waals surface area contributed by atoms with Crippen molar-refractivity contribution >= 4 is 11.7 Å². The van der Waals surface area contributed by atoms with Gasteiger partial charge in [0.15, 0.2) is 0 Å². The Morgan fingerprint density at radius 2 is 1.84 bits per heavy atom. The lowest BCUT2D eigenvalue weighted by Crippen LogP contribution is -2.34. The highest BCUT2D eigenvalue weighted by molar-refractivity contribution is 5.79. The van der Waals surface area contributed by atoms with E-state index in [1.807, 2.05) is 39.8 Å². The van der Waals surface area contributed by atoms with Crippen LogP contribution in [0.4, 0.5) is 5.69 Å². The van der Waals surface area contributed by atoms with Crippen molar-refractivity contribution in [1.82, 2.24) is 0 Å². The number of anilines is 1. The van der Waals surface area contributed by atoms with Crippen molar-refractivity contribution in [2.45, 2.75) is 59.1 Å². The Labute approximate surface area is 116 Å². The highest BCUT2D eigenvalue weighted by Gasteiger charge is 2.21. The Hall–Kier alpha value is -1.51. The molecule has 0 amide bonds. The molecule has 1 aromatic rings. The predicted molar refractivity (Wildman–Crippen MR) is 79.4 cm³/mol. The van der Waals surface area contributed by atoms with E-state index in [1.165, 1.54) is 5.56 Å². The Kier molecular flexibility index (Phi) is 5.40. The van der Waals surface area contributed by atoms with Gasteiger partial charge < -0.3 is 10.1 Å². The molecule has 1 rings (SSSR count). The van der Waals surface area contributed by atoms with Crippen LogP contribution in [0.15, 0.2) is 24.3 Å². The van der Waals surface area contributed by atoms with Crippen LogP contribution in [0, 0.1) is 0 Å². The van der Waals surface area contributed by atoms with E-state index in [0.29, 0.717) is 0 Å². The fraction of sp³-hybridized carbons (Fsp3) is 0.562. The second-order valence-electron chi connectivity index (χ2n) is 5.85. The number of nitrogens with one attached hydrogen (secondary N) is 1. The van der Waals surface area contributed by atoms with Gasteiger partial charge in [-0.25, -0.2) is 4.79 Å². The van der Waals surface area contributed by atoms with Gasteiger partial charge in [0.2, 0.25) is 0 Å². The summed E-state index contributed by atoms with van der Waals surface area (Å²) in [6, 6.07) is 7.84. The molecule has 0 radical (unpaired) electrons. The summed E-state index contributed by atoms with van der Waals surface area (Å²) in [6.45, 7) is 9.59. The summed E-state index contributed by atoms with van der Waals surface area (Å²) in [5.74, 6) is -0.231. The smallest absolute Gasteiger partial charge is 0.328 e. The van der Waals surface area contributed by atoms with Crippen LogP contribution in [0.2, 0.25) is 0 Å². The molecular weight excluding hydrogens is 238 g/mol. The van der Waals surface area contributed by atoms with Crippen molar-refractivity contribution in [1.29, 1.82) is 0 Å².